The normalized spacial score (nSPS) is 14.3. The van der Waals surface area contributed by atoms with E-state index >= 15 is 0 Å². The third-order valence-electron chi connectivity index (χ3n) is 6.32. The Hall–Kier alpha value is -3.52. The standard InChI is InChI=1S/C31H39ClN4O4/c1-30(2,3)39-28(37)33-13-12-21-8-7-9-22(18-21)23-10-11-26-24(19-23)20-25(32)27(34-26)35-14-16-36(17-15-35)29(38)40-31(4,5)6/h7-11,18-20H,12-17H2,1-6H3,(H,33,37). The molecule has 4 rings (SSSR count). The molecule has 0 bridgehead atoms. The highest BCUT2D eigenvalue weighted by molar-refractivity contribution is 6.33. The zero-order valence-electron chi connectivity index (χ0n) is 24.2. The summed E-state index contributed by atoms with van der Waals surface area (Å²) in [5.74, 6) is 0.727. The van der Waals surface area contributed by atoms with Crippen molar-refractivity contribution in [1.29, 1.82) is 0 Å². The Kier molecular flexibility index (Phi) is 8.78. The van der Waals surface area contributed by atoms with Crippen molar-refractivity contribution in [3.8, 4) is 11.1 Å². The quantitative estimate of drug-likeness (QED) is 0.371. The molecule has 1 fully saturated rings. The van der Waals surface area contributed by atoms with Crippen molar-refractivity contribution in [1.82, 2.24) is 15.2 Å². The summed E-state index contributed by atoms with van der Waals surface area (Å²) < 4.78 is 10.8. The molecular formula is C31H39ClN4O4. The van der Waals surface area contributed by atoms with Gasteiger partial charge in [0.25, 0.3) is 0 Å². The zero-order valence-corrected chi connectivity index (χ0v) is 25.0. The number of piperazine rings is 1. The number of fused-ring (bicyclic) bond motifs is 1. The van der Waals surface area contributed by atoms with E-state index in [9.17, 15) is 9.59 Å². The Bertz CT molecular complexity index is 1370. The monoisotopic (exact) mass is 566 g/mol. The lowest BCUT2D eigenvalue weighted by atomic mass is 10.00. The van der Waals surface area contributed by atoms with Crippen LogP contribution in [-0.4, -0.2) is 66.0 Å². The lowest BCUT2D eigenvalue weighted by Crippen LogP contribution is -2.50. The van der Waals surface area contributed by atoms with Crippen LogP contribution in [0.5, 0.6) is 0 Å². The van der Waals surface area contributed by atoms with E-state index in [4.69, 9.17) is 26.1 Å². The molecule has 214 valence electrons. The molecule has 1 aliphatic heterocycles. The van der Waals surface area contributed by atoms with Crippen molar-refractivity contribution < 1.29 is 19.1 Å². The first kappa shape index (κ1) is 29.5. The maximum absolute atomic E-state index is 12.4. The molecule has 0 atom stereocenters. The second-order valence-corrected chi connectivity index (χ2v) is 12.4. The molecule has 1 aromatic heterocycles. The van der Waals surface area contributed by atoms with Crippen LogP contribution < -0.4 is 10.2 Å². The number of alkyl carbamates (subject to hydrolysis) is 1. The van der Waals surface area contributed by atoms with E-state index in [0.717, 1.165) is 33.4 Å². The Balaban J connectivity index is 1.42. The molecule has 3 aromatic rings. The molecule has 0 saturated carbocycles. The largest absolute Gasteiger partial charge is 0.444 e. The van der Waals surface area contributed by atoms with E-state index < -0.39 is 17.3 Å². The van der Waals surface area contributed by atoms with Gasteiger partial charge in [-0.25, -0.2) is 14.6 Å². The highest BCUT2D eigenvalue weighted by Crippen LogP contribution is 2.31. The Morgan fingerprint density at radius 2 is 1.57 bits per heavy atom. The van der Waals surface area contributed by atoms with E-state index in [1.165, 1.54) is 0 Å². The highest BCUT2D eigenvalue weighted by Gasteiger charge is 2.27. The number of ether oxygens (including phenoxy) is 2. The van der Waals surface area contributed by atoms with Gasteiger partial charge in [-0.1, -0.05) is 41.9 Å². The third-order valence-corrected chi connectivity index (χ3v) is 6.60. The number of pyridine rings is 1. The number of halogens is 1. The third kappa shape index (κ3) is 8.01. The van der Waals surface area contributed by atoms with E-state index in [2.05, 4.69) is 40.5 Å². The minimum Gasteiger partial charge on any atom is -0.444 e. The van der Waals surface area contributed by atoms with Crippen molar-refractivity contribution in [2.45, 2.75) is 59.2 Å². The second-order valence-electron chi connectivity index (χ2n) is 12.0. The van der Waals surface area contributed by atoms with Gasteiger partial charge in [0.1, 0.15) is 17.0 Å². The van der Waals surface area contributed by atoms with Crippen LogP contribution in [0.25, 0.3) is 22.0 Å². The molecule has 2 heterocycles. The lowest BCUT2D eigenvalue weighted by Gasteiger charge is -2.36. The van der Waals surface area contributed by atoms with Gasteiger partial charge in [0, 0.05) is 38.1 Å². The molecule has 2 amide bonds. The lowest BCUT2D eigenvalue weighted by molar-refractivity contribution is 0.0240. The van der Waals surface area contributed by atoms with Gasteiger partial charge in [0.2, 0.25) is 0 Å². The summed E-state index contributed by atoms with van der Waals surface area (Å²) >= 11 is 6.71. The van der Waals surface area contributed by atoms with Crippen LogP contribution in [0.2, 0.25) is 5.02 Å². The van der Waals surface area contributed by atoms with Crippen molar-refractivity contribution >= 4 is 40.5 Å². The van der Waals surface area contributed by atoms with Crippen molar-refractivity contribution in [2.24, 2.45) is 0 Å². The first-order chi connectivity index (χ1) is 18.8. The zero-order chi connectivity index (χ0) is 29.1. The summed E-state index contributed by atoms with van der Waals surface area (Å²) in [6.07, 6.45) is -0.00836. The molecular weight excluding hydrogens is 528 g/mol. The Labute approximate surface area is 241 Å². The molecule has 0 spiro atoms. The van der Waals surface area contributed by atoms with Gasteiger partial charge in [-0.15, -0.1) is 0 Å². The van der Waals surface area contributed by atoms with Crippen LogP contribution in [0.3, 0.4) is 0 Å². The number of nitrogens with zero attached hydrogens (tertiary/aromatic N) is 3. The Morgan fingerprint density at radius 1 is 0.900 bits per heavy atom. The predicted octanol–water partition coefficient (Wildman–Crippen LogP) is 6.68. The van der Waals surface area contributed by atoms with Gasteiger partial charge in [-0.3, -0.25) is 0 Å². The minimum absolute atomic E-state index is 0.291. The highest BCUT2D eigenvalue weighted by atomic mass is 35.5. The maximum atomic E-state index is 12.4. The smallest absolute Gasteiger partial charge is 0.410 e. The van der Waals surface area contributed by atoms with E-state index in [-0.39, 0.29) is 6.09 Å². The molecule has 1 N–H and O–H groups in total. The van der Waals surface area contributed by atoms with Crippen molar-refractivity contribution in [2.75, 3.05) is 37.6 Å². The van der Waals surface area contributed by atoms with Gasteiger partial charge in [0.15, 0.2) is 0 Å². The summed E-state index contributed by atoms with van der Waals surface area (Å²) in [6, 6.07) is 16.4. The summed E-state index contributed by atoms with van der Waals surface area (Å²) in [5.41, 5.74) is 3.08. The van der Waals surface area contributed by atoms with Crippen LogP contribution >= 0.6 is 11.6 Å². The van der Waals surface area contributed by atoms with E-state index in [1.807, 2.05) is 59.7 Å². The van der Waals surface area contributed by atoms with Gasteiger partial charge < -0.3 is 24.6 Å². The fourth-order valence-electron chi connectivity index (χ4n) is 4.50. The van der Waals surface area contributed by atoms with Crippen LogP contribution in [0.4, 0.5) is 15.4 Å². The summed E-state index contributed by atoms with van der Waals surface area (Å²) in [5, 5.41) is 4.35. The number of carbonyl (C=O) groups is 2. The van der Waals surface area contributed by atoms with E-state index in [0.29, 0.717) is 44.2 Å². The first-order valence-corrected chi connectivity index (χ1v) is 14.0. The Morgan fingerprint density at radius 3 is 2.25 bits per heavy atom. The fraction of sp³-hybridized carbons (Fsp3) is 0.452. The topological polar surface area (TPSA) is 84.0 Å². The number of hydrogen-bond donors (Lipinski definition) is 1. The summed E-state index contributed by atoms with van der Waals surface area (Å²) in [7, 11) is 0. The number of aromatic nitrogens is 1. The predicted molar refractivity (Wildman–Crippen MR) is 160 cm³/mol. The molecule has 1 aliphatic rings. The minimum atomic E-state index is -0.518. The molecule has 8 nitrogen and oxygen atoms in total. The van der Waals surface area contributed by atoms with Crippen LogP contribution in [0.1, 0.15) is 47.1 Å². The molecule has 9 heteroatoms. The van der Waals surface area contributed by atoms with Crippen molar-refractivity contribution in [3.05, 3.63) is 59.1 Å². The SMILES string of the molecule is CC(C)(C)OC(=O)NCCc1cccc(-c2ccc3nc(N4CCN(C(=O)OC(C)(C)C)CC4)c(Cl)cc3c2)c1. The summed E-state index contributed by atoms with van der Waals surface area (Å²) in [6.45, 7) is 14.0. The maximum Gasteiger partial charge on any atom is 0.410 e. The van der Waals surface area contributed by atoms with Gasteiger partial charge in [0.05, 0.1) is 10.5 Å². The van der Waals surface area contributed by atoms with Crippen LogP contribution in [0.15, 0.2) is 48.5 Å². The molecule has 1 saturated heterocycles. The average Bonchev–Trinajstić information content (AvgIpc) is 2.86. The average molecular weight is 567 g/mol. The van der Waals surface area contributed by atoms with Gasteiger partial charge in [-0.2, -0.15) is 0 Å². The molecule has 0 unspecified atom stereocenters. The summed E-state index contributed by atoms with van der Waals surface area (Å²) in [4.78, 5) is 33.1. The fourth-order valence-corrected chi connectivity index (χ4v) is 4.78. The second kappa shape index (κ2) is 11.9. The number of carbonyl (C=O) groups excluding carboxylic acids is 2. The van der Waals surface area contributed by atoms with Crippen molar-refractivity contribution in [3.63, 3.8) is 0 Å². The van der Waals surface area contributed by atoms with Crippen LogP contribution in [0, 0.1) is 0 Å². The molecule has 2 aromatic carbocycles. The number of benzene rings is 2. The first-order valence-electron chi connectivity index (χ1n) is 13.7. The number of hydrogen-bond acceptors (Lipinski definition) is 6. The van der Waals surface area contributed by atoms with E-state index in [1.54, 1.807) is 4.90 Å². The van der Waals surface area contributed by atoms with Crippen LogP contribution in [-0.2, 0) is 15.9 Å². The van der Waals surface area contributed by atoms with Gasteiger partial charge >= 0.3 is 12.2 Å². The number of anilines is 1. The molecule has 0 radical (unpaired) electrons. The molecule has 0 aliphatic carbocycles. The number of rotatable bonds is 5. The molecule has 40 heavy (non-hydrogen) atoms. The number of nitrogens with one attached hydrogen (secondary N) is 1. The van der Waals surface area contributed by atoms with Gasteiger partial charge in [-0.05, 0) is 82.9 Å². The number of amides is 2.